The van der Waals surface area contributed by atoms with E-state index in [0.29, 0.717) is 11.3 Å². The van der Waals surface area contributed by atoms with E-state index >= 15 is 0 Å². The minimum Gasteiger partial charge on any atom is -0.246 e. The molecule has 2 atom stereocenters. The maximum absolute atomic E-state index is 6.40. The van der Waals surface area contributed by atoms with E-state index in [1.807, 2.05) is 0 Å². The quantitative estimate of drug-likeness (QED) is 0.522. The predicted molar refractivity (Wildman–Crippen MR) is 62.3 cm³/mol. The second-order valence-corrected chi connectivity index (χ2v) is 5.67. The van der Waals surface area contributed by atoms with E-state index in [9.17, 15) is 0 Å². The first-order valence-corrected chi connectivity index (χ1v) is 6.65. The minimum absolute atomic E-state index is 0.305. The van der Waals surface area contributed by atoms with E-state index in [1.165, 1.54) is 31.4 Å². The van der Waals surface area contributed by atoms with Crippen LogP contribution in [0.5, 0.6) is 0 Å². The Morgan fingerprint density at radius 1 is 1.36 bits per heavy atom. The van der Waals surface area contributed by atoms with Crippen LogP contribution in [0, 0.1) is 6.92 Å². The number of aryl methyl sites for hydroxylation is 1. The Kier molecular flexibility index (Phi) is 3.45. The van der Waals surface area contributed by atoms with Gasteiger partial charge in [0.05, 0.1) is 10.7 Å². The normalized spacial score (nSPS) is 28.7. The van der Waals surface area contributed by atoms with Gasteiger partial charge < -0.3 is 0 Å². The van der Waals surface area contributed by atoms with Crippen LogP contribution in [0.2, 0.25) is 0 Å². The molecule has 0 N–H and O–H groups in total. The van der Waals surface area contributed by atoms with Crippen LogP contribution in [0.4, 0.5) is 0 Å². The molecule has 1 aliphatic rings. The number of nitrogens with zero attached hydrogens (tertiary/aromatic N) is 1. The molecule has 0 amide bonds. The summed E-state index contributed by atoms with van der Waals surface area (Å²) in [5.74, 6) is 0.504. The highest BCUT2D eigenvalue weighted by molar-refractivity contribution is 7.09. The lowest BCUT2D eigenvalue weighted by atomic mass is 9.97. The molecule has 0 aliphatic heterocycles. The summed E-state index contributed by atoms with van der Waals surface area (Å²) in [7, 11) is 0. The molecule has 14 heavy (non-hydrogen) atoms. The Morgan fingerprint density at radius 3 is 2.86 bits per heavy atom. The molecule has 1 saturated carbocycles. The van der Waals surface area contributed by atoms with Crippen molar-refractivity contribution in [2.45, 2.75) is 50.3 Å². The van der Waals surface area contributed by atoms with Crippen LogP contribution in [0.1, 0.15) is 48.7 Å². The van der Waals surface area contributed by atoms with E-state index < -0.39 is 0 Å². The summed E-state index contributed by atoms with van der Waals surface area (Å²) in [6.07, 6.45) is 6.31. The lowest BCUT2D eigenvalue weighted by Gasteiger charge is -2.16. The fourth-order valence-electron chi connectivity index (χ4n) is 2.15. The van der Waals surface area contributed by atoms with Crippen LogP contribution in [-0.4, -0.2) is 10.4 Å². The van der Waals surface area contributed by atoms with Crippen LogP contribution < -0.4 is 0 Å². The third kappa shape index (κ3) is 2.29. The fraction of sp³-hybridized carbons (Fsp3) is 0.727. The number of aromatic nitrogens is 1. The zero-order valence-electron chi connectivity index (χ0n) is 8.50. The van der Waals surface area contributed by atoms with Crippen molar-refractivity contribution >= 4 is 22.9 Å². The number of halogens is 1. The lowest BCUT2D eigenvalue weighted by Crippen LogP contribution is -2.11. The van der Waals surface area contributed by atoms with Gasteiger partial charge in [0, 0.05) is 16.7 Å². The third-order valence-corrected chi connectivity index (χ3v) is 4.26. The SMILES string of the molecule is Cc1nc(C2CCCCCC2Cl)cs1. The molecule has 0 spiro atoms. The van der Waals surface area contributed by atoms with Crippen molar-refractivity contribution in [3.05, 3.63) is 16.1 Å². The number of hydrogen-bond donors (Lipinski definition) is 0. The molecule has 1 heterocycles. The molecule has 3 heteroatoms. The molecule has 0 bridgehead atoms. The number of thiazole rings is 1. The Bertz CT molecular complexity index is 297. The first kappa shape index (κ1) is 10.4. The molecular weight excluding hydrogens is 214 g/mol. The Labute approximate surface area is 94.5 Å². The molecule has 0 saturated heterocycles. The molecule has 1 aliphatic carbocycles. The highest BCUT2D eigenvalue weighted by Gasteiger charge is 2.24. The second kappa shape index (κ2) is 4.63. The summed E-state index contributed by atoms with van der Waals surface area (Å²) in [4.78, 5) is 4.56. The van der Waals surface area contributed by atoms with Gasteiger partial charge in [0.15, 0.2) is 0 Å². The standard InChI is InChI=1S/C11H16ClNS/c1-8-13-11(7-14-8)9-5-3-2-4-6-10(9)12/h7,9-10H,2-6H2,1H3. The van der Waals surface area contributed by atoms with Gasteiger partial charge in [-0.3, -0.25) is 0 Å². The topological polar surface area (TPSA) is 12.9 Å². The van der Waals surface area contributed by atoms with Crippen molar-refractivity contribution in [2.24, 2.45) is 0 Å². The van der Waals surface area contributed by atoms with Gasteiger partial charge in [0.25, 0.3) is 0 Å². The molecule has 1 fully saturated rings. The summed E-state index contributed by atoms with van der Waals surface area (Å²) in [5, 5.41) is 3.65. The monoisotopic (exact) mass is 229 g/mol. The highest BCUT2D eigenvalue weighted by Crippen LogP contribution is 2.35. The smallest absolute Gasteiger partial charge is 0.0897 e. The van der Waals surface area contributed by atoms with Gasteiger partial charge in [-0.2, -0.15) is 0 Å². The van der Waals surface area contributed by atoms with Crippen LogP contribution >= 0.6 is 22.9 Å². The van der Waals surface area contributed by atoms with Crippen molar-refractivity contribution in [3.63, 3.8) is 0 Å². The summed E-state index contributed by atoms with van der Waals surface area (Å²) < 4.78 is 0. The number of rotatable bonds is 1. The zero-order valence-corrected chi connectivity index (χ0v) is 10.1. The molecule has 0 aromatic carbocycles. The first-order valence-electron chi connectivity index (χ1n) is 5.33. The van der Waals surface area contributed by atoms with Crippen molar-refractivity contribution in [1.82, 2.24) is 4.98 Å². The Balaban J connectivity index is 2.14. The van der Waals surface area contributed by atoms with Gasteiger partial charge in [-0.05, 0) is 19.8 Å². The van der Waals surface area contributed by atoms with Crippen molar-refractivity contribution in [3.8, 4) is 0 Å². The maximum atomic E-state index is 6.40. The van der Waals surface area contributed by atoms with Gasteiger partial charge >= 0.3 is 0 Å². The average molecular weight is 230 g/mol. The second-order valence-electron chi connectivity index (χ2n) is 4.05. The maximum Gasteiger partial charge on any atom is 0.0897 e. The summed E-state index contributed by atoms with van der Waals surface area (Å²) in [6.45, 7) is 2.06. The molecule has 2 rings (SSSR count). The fourth-order valence-corrected chi connectivity index (χ4v) is 3.23. The average Bonchev–Trinajstić information content (AvgIpc) is 2.46. The minimum atomic E-state index is 0.305. The number of alkyl halides is 1. The van der Waals surface area contributed by atoms with Gasteiger partial charge in [-0.15, -0.1) is 22.9 Å². The van der Waals surface area contributed by atoms with E-state index in [4.69, 9.17) is 11.6 Å². The predicted octanol–water partition coefficient (Wildman–Crippen LogP) is 4.11. The largest absolute Gasteiger partial charge is 0.246 e. The lowest BCUT2D eigenvalue weighted by molar-refractivity contribution is 0.587. The van der Waals surface area contributed by atoms with Gasteiger partial charge in [-0.1, -0.05) is 19.3 Å². The van der Waals surface area contributed by atoms with Crippen LogP contribution in [-0.2, 0) is 0 Å². The van der Waals surface area contributed by atoms with Gasteiger partial charge in [0.2, 0.25) is 0 Å². The van der Waals surface area contributed by atoms with E-state index in [-0.39, 0.29) is 0 Å². The third-order valence-electron chi connectivity index (χ3n) is 2.95. The van der Waals surface area contributed by atoms with Crippen molar-refractivity contribution in [1.29, 1.82) is 0 Å². The van der Waals surface area contributed by atoms with Crippen LogP contribution in [0.15, 0.2) is 5.38 Å². The molecule has 0 radical (unpaired) electrons. The summed E-state index contributed by atoms with van der Waals surface area (Å²) >= 11 is 8.13. The Hall–Kier alpha value is -0.0800. The molecule has 1 nitrogen and oxygen atoms in total. The van der Waals surface area contributed by atoms with Crippen molar-refractivity contribution in [2.75, 3.05) is 0 Å². The van der Waals surface area contributed by atoms with Gasteiger partial charge in [0.1, 0.15) is 0 Å². The molecule has 78 valence electrons. The zero-order chi connectivity index (χ0) is 9.97. The number of hydrogen-bond acceptors (Lipinski definition) is 2. The molecule has 2 unspecified atom stereocenters. The van der Waals surface area contributed by atoms with Crippen molar-refractivity contribution < 1.29 is 0 Å². The van der Waals surface area contributed by atoms with Crippen LogP contribution in [0.3, 0.4) is 0 Å². The van der Waals surface area contributed by atoms with E-state index in [1.54, 1.807) is 11.3 Å². The van der Waals surface area contributed by atoms with E-state index in [2.05, 4.69) is 17.3 Å². The highest BCUT2D eigenvalue weighted by atomic mass is 35.5. The molecule has 1 aromatic heterocycles. The van der Waals surface area contributed by atoms with Crippen LogP contribution in [0.25, 0.3) is 0 Å². The van der Waals surface area contributed by atoms with E-state index in [0.717, 1.165) is 11.4 Å². The summed E-state index contributed by atoms with van der Waals surface area (Å²) in [6, 6.07) is 0. The summed E-state index contributed by atoms with van der Waals surface area (Å²) in [5.41, 5.74) is 1.23. The molecular formula is C11H16ClNS. The molecule has 1 aromatic rings. The first-order chi connectivity index (χ1) is 6.77. The Morgan fingerprint density at radius 2 is 2.14 bits per heavy atom. The van der Waals surface area contributed by atoms with Gasteiger partial charge in [-0.25, -0.2) is 4.98 Å².